The second-order valence-corrected chi connectivity index (χ2v) is 5.78. The van der Waals surface area contributed by atoms with Crippen LogP contribution in [0.3, 0.4) is 0 Å². The monoisotopic (exact) mass is 218 g/mol. The summed E-state index contributed by atoms with van der Waals surface area (Å²) in [5.41, 5.74) is 9.85. The Bertz CT molecular complexity index is 390. The van der Waals surface area contributed by atoms with Crippen molar-refractivity contribution < 1.29 is 0 Å². The van der Waals surface area contributed by atoms with Crippen LogP contribution in [-0.2, 0) is 0 Å². The Balaban J connectivity index is 2.46. The Labute approximate surface area is 98.4 Å². The summed E-state index contributed by atoms with van der Waals surface area (Å²) in [6.07, 6.45) is 0. The third-order valence-electron chi connectivity index (χ3n) is 3.60. The first kappa shape index (κ1) is 11.3. The van der Waals surface area contributed by atoms with Gasteiger partial charge >= 0.3 is 0 Å². The maximum Gasteiger partial charge on any atom is 0.0423 e. The molecular formula is C14H22N2. The predicted molar refractivity (Wildman–Crippen MR) is 70.9 cm³/mol. The summed E-state index contributed by atoms with van der Waals surface area (Å²) in [6.45, 7) is 11.3. The van der Waals surface area contributed by atoms with Crippen molar-refractivity contribution in [3.05, 3.63) is 23.8 Å². The highest BCUT2D eigenvalue weighted by Gasteiger charge is 2.35. The maximum absolute atomic E-state index is 5.88. The van der Waals surface area contributed by atoms with Crippen molar-refractivity contribution in [1.82, 2.24) is 0 Å². The van der Waals surface area contributed by atoms with E-state index in [-0.39, 0.29) is 0 Å². The van der Waals surface area contributed by atoms with Gasteiger partial charge < -0.3 is 10.6 Å². The molecule has 88 valence electrons. The molecule has 0 bridgehead atoms. The van der Waals surface area contributed by atoms with Gasteiger partial charge in [0, 0.05) is 30.4 Å². The van der Waals surface area contributed by atoms with Crippen LogP contribution in [0.2, 0.25) is 0 Å². The molecule has 0 saturated carbocycles. The fourth-order valence-electron chi connectivity index (χ4n) is 2.59. The van der Waals surface area contributed by atoms with Crippen LogP contribution in [0.4, 0.5) is 11.4 Å². The number of nitrogen functional groups attached to an aromatic ring is 1. The number of nitrogens with zero attached hydrogens (tertiary/aromatic N) is 1. The molecule has 2 heteroatoms. The fraction of sp³-hybridized carbons (Fsp3) is 0.571. The Morgan fingerprint density at radius 2 is 2.06 bits per heavy atom. The van der Waals surface area contributed by atoms with Crippen LogP contribution < -0.4 is 10.6 Å². The van der Waals surface area contributed by atoms with Crippen molar-refractivity contribution >= 4 is 11.4 Å². The second kappa shape index (κ2) is 3.69. The first-order chi connectivity index (χ1) is 7.43. The average molecular weight is 218 g/mol. The van der Waals surface area contributed by atoms with Gasteiger partial charge in [0.15, 0.2) is 0 Å². The van der Waals surface area contributed by atoms with Gasteiger partial charge in [0.2, 0.25) is 0 Å². The molecular weight excluding hydrogens is 196 g/mol. The van der Waals surface area contributed by atoms with E-state index < -0.39 is 0 Å². The minimum absolute atomic E-state index is 0.314. The standard InChI is InChI=1S/C14H22N2/c1-5-16-9-12(14(2,3)4)11-7-6-10(15)8-13(11)16/h6-8,12H,5,9,15H2,1-4H3. The van der Waals surface area contributed by atoms with E-state index in [1.54, 1.807) is 0 Å². The van der Waals surface area contributed by atoms with E-state index in [1.807, 2.05) is 6.07 Å². The van der Waals surface area contributed by atoms with Gasteiger partial charge in [-0.1, -0.05) is 26.8 Å². The molecule has 1 aromatic carbocycles. The van der Waals surface area contributed by atoms with Crippen LogP contribution >= 0.6 is 0 Å². The zero-order valence-corrected chi connectivity index (χ0v) is 10.7. The number of nitrogens with two attached hydrogens (primary N) is 1. The van der Waals surface area contributed by atoms with Crippen molar-refractivity contribution in [3.8, 4) is 0 Å². The zero-order valence-electron chi connectivity index (χ0n) is 10.7. The summed E-state index contributed by atoms with van der Waals surface area (Å²) in [7, 11) is 0. The fourth-order valence-corrected chi connectivity index (χ4v) is 2.59. The Morgan fingerprint density at radius 3 is 2.62 bits per heavy atom. The molecule has 2 nitrogen and oxygen atoms in total. The number of rotatable bonds is 1. The average Bonchev–Trinajstić information content (AvgIpc) is 2.55. The van der Waals surface area contributed by atoms with E-state index in [0.29, 0.717) is 11.3 Å². The summed E-state index contributed by atoms with van der Waals surface area (Å²) in [6, 6.07) is 6.34. The van der Waals surface area contributed by atoms with Crippen molar-refractivity contribution in [2.24, 2.45) is 5.41 Å². The normalized spacial score (nSPS) is 20.0. The molecule has 2 N–H and O–H groups in total. The molecule has 1 aliphatic rings. The summed E-state index contributed by atoms with van der Waals surface area (Å²) >= 11 is 0. The summed E-state index contributed by atoms with van der Waals surface area (Å²) < 4.78 is 0. The minimum Gasteiger partial charge on any atom is -0.399 e. The molecule has 1 aromatic rings. The molecule has 0 aliphatic carbocycles. The van der Waals surface area contributed by atoms with Gasteiger partial charge in [0.25, 0.3) is 0 Å². The smallest absolute Gasteiger partial charge is 0.0423 e. The van der Waals surface area contributed by atoms with Crippen LogP contribution in [-0.4, -0.2) is 13.1 Å². The molecule has 0 spiro atoms. The Kier molecular flexibility index (Phi) is 2.61. The lowest BCUT2D eigenvalue weighted by Crippen LogP contribution is -2.26. The van der Waals surface area contributed by atoms with Gasteiger partial charge in [-0.25, -0.2) is 0 Å². The van der Waals surface area contributed by atoms with E-state index in [9.17, 15) is 0 Å². The van der Waals surface area contributed by atoms with Crippen LogP contribution in [0, 0.1) is 5.41 Å². The van der Waals surface area contributed by atoms with Gasteiger partial charge in [-0.2, -0.15) is 0 Å². The van der Waals surface area contributed by atoms with Crippen molar-refractivity contribution in [2.45, 2.75) is 33.6 Å². The lowest BCUT2D eigenvalue weighted by Gasteiger charge is -2.28. The predicted octanol–water partition coefficient (Wildman–Crippen LogP) is 3.24. The minimum atomic E-state index is 0.314. The van der Waals surface area contributed by atoms with Gasteiger partial charge in [-0.3, -0.25) is 0 Å². The van der Waals surface area contributed by atoms with Crippen LogP contribution in [0.1, 0.15) is 39.2 Å². The number of hydrogen-bond acceptors (Lipinski definition) is 2. The van der Waals surface area contributed by atoms with Crippen LogP contribution in [0.15, 0.2) is 18.2 Å². The lowest BCUT2D eigenvalue weighted by molar-refractivity contribution is 0.333. The van der Waals surface area contributed by atoms with Crippen molar-refractivity contribution in [3.63, 3.8) is 0 Å². The second-order valence-electron chi connectivity index (χ2n) is 5.78. The number of fused-ring (bicyclic) bond motifs is 1. The van der Waals surface area contributed by atoms with Crippen LogP contribution in [0.25, 0.3) is 0 Å². The quantitative estimate of drug-likeness (QED) is 0.733. The van der Waals surface area contributed by atoms with Gasteiger partial charge in [-0.05, 0) is 30.0 Å². The molecule has 0 aromatic heterocycles. The third-order valence-corrected chi connectivity index (χ3v) is 3.60. The molecule has 16 heavy (non-hydrogen) atoms. The lowest BCUT2D eigenvalue weighted by atomic mass is 9.78. The first-order valence-corrected chi connectivity index (χ1v) is 6.08. The maximum atomic E-state index is 5.88. The Hall–Kier alpha value is -1.18. The molecule has 1 heterocycles. The highest BCUT2D eigenvalue weighted by molar-refractivity contribution is 5.66. The van der Waals surface area contributed by atoms with E-state index in [4.69, 9.17) is 5.73 Å². The topological polar surface area (TPSA) is 29.3 Å². The summed E-state index contributed by atoms with van der Waals surface area (Å²) in [5.74, 6) is 0.614. The van der Waals surface area contributed by atoms with Crippen molar-refractivity contribution in [1.29, 1.82) is 0 Å². The number of anilines is 2. The van der Waals surface area contributed by atoms with Gasteiger partial charge in [0.1, 0.15) is 0 Å². The molecule has 1 atom stereocenters. The molecule has 0 fully saturated rings. The number of likely N-dealkylation sites (N-methyl/N-ethyl adjacent to an activating group) is 1. The van der Waals surface area contributed by atoms with E-state index in [0.717, 1.165) is 18.8 Å². The number of benzene rings is 1. The molecule has 0 radical (unpaired) electrons. The highest BCUT2D eigenvalue weighted by atomic mass is 15.2. The third kappa shape index (κ3) is 1.77. The largest absolute Gasteiger partial charge is 0.399 e. The zero-order chi connectivity index (χ0) is 11.9. The SMILES string of the molecule is CCN1CC(C(C)(C)C)c2ccc(N)cc21. The van der Waals surface area contributed by atoms with E-state index in [2.05, 4.69) is 44.7 Å². The van der Waals surface area contributed by atoms with Gasteiger partial charge in [-0.15, -0.1) is 0 Å². The Morgan fingerprint density at radius 1 is 1.38 bits per heavy atom. The van der Waals surface area contributed by atoms with E-state index in [1.165, 1.54) is 11.3 Å². The van der Waals surface area contributed by atoms with Crippen molar-refractivity contribution in [2.75, 3.05) is 23.7 Å². The molecule has 2 rings (SSSR count). The first-order valence-electron chi connectivity index (χ1n) is 6.08. The molecule has 1 unspecified atom stereocenters. The molecule has 0 amide bonds. The van der Waals surface area contributed by atoms with Crippen LogP contribution in [0.5, 0.6) is 0 Å². The number of hydrogen-bond donors (Lipinski definition) is 1. The summed E-state index contributed by atoms with van der Waals surface area (Å²) in [4.78, 5) is 2.43. The van der Waals surface area contributed by atoms with E-state index >= 15 is 0 Å². The molecule has 0 saturated heterocycles. The summed E-state index contributed by atoms with van der Waals surface area (Å²) in [5, 5.41) is 0. The highest BCUT2D eigenvalue weighted by Crippen LogP contribution is 2.46. The molecule has 1 aliphatic heterocycles. The van der Waals surface area contributed by atoms with Gasteiger partial charge in [0.05, 0.1) is 0 Å².